The van der Waals surface area contributed by atoms with E-state index in [1.54, 1.807) is 25.0 Å². The van der Waals surface area contributed by atoms with Crippen molar-refractivity contribution in [1.82, 2.24) is 9.55 Å². The van der Waals surface area contributed by atoms with E-state index in [9.17, 15) is 4.79 Å². The van der Waals surface area contributed by atoms with Crippen LogP contribution >= 0.6 is 31.9 Å². The molecule has 0 spiro atoms. The quantitative estimate of drug-likeness (QED) is 0.586. The van der Waals surface area contributed by atoms with Crippen molar-refractivity contribution in [2.75, 3.05) is 32.3 Å². The molecule has 8 heteroatoms. The Morgan fingerprint density at radius 2 is 2.07 bits per heavy atom. The smallest absolute Gasteiger partial charge is 0.294 e. The predicted molar refractivity (Wildman–Crippen MR) is 113 cm³/mol. The van der Waals surface area contributed by atoms with Crippen LogP contribution in [0.5, 0.6) is 5.75 Å². The van der Waals surface area contributed by atoms with Crippen molar-refractivity contribution >= 4 is 43.4 Å². The molecule has 0 amide bonds. The predicted octanol–water partition coefficient (Wildman–Crippen LogP) is 4.46. The number of hydrogen-bond acceptors (Lipinski definition) is 5. The fourth-order valence-electron chi connectivity index (χ4n) is 3.49. The van der Waals surface area contributed by atoms with Gasteiger partial charge in [-0.15, -0.1) is 0 Å². The maximum absolute atomic E-state index is 13.3. The summed E-state index contributed by atoms with van der Waals surface area (Å²) in [5.74, 6) is 1.22. The molecule has 1 aliphatic rings. The van der Waals surface area contributed by atoms with E-state index in [4.69, 9.17) is 9.47 Å². The number of aryl methyl sites for hydroxylation is 1. The molecule has 2 aromatic rings. The average molecular weight is 501 g/mol. The average Bonchev–Trinajstić information content (AvgIpc) is 2.67. The molecule has 146 valence electrons. The molecule has 1 aliphatic heterocycles. The molecule has 27 heavy (non-hydrogen) atoms. The van der Waals surface area contributed by atoms with E-state index >= 15 is 0 Å². The van der Waals surface area contributed by atoms with Crippen LogP contribution in [0.3, 0.4) is 0 Å². The minimum Gasteiger partial charge on any atom is -0.497 e. The first kappa shape index (κ1) is 20.4. The van der Waals surface area contributed by atoms with Gasteiger partial charge in [0, 0.05) is 24.3 Å². The fraction of sp³-hybridized carbons (Fsp3) is 0.474. The summed E-state index contributed by atoms with van der Waals surface area (Å²) in [5.41, 5.74) is 2.01. The fourth-order valence-corrected chi connectivity index (χ4v) is 4.57. The summed E-state index contributed by atoms with van der Waals surface area (Å²) in [4.78, 5) is 19.8. The Morgan fingerprint density at radius 1 is 1.30 bits per heavy atom. The lowest BCUT2D eigenvalue weighted by Gasteiger charge is -2.32. The molecule has 0 saturated heterocycles. The summed E-state index contributed by atoms with van der Waals surface area (Å²) in [7, 11) is 3.31. The highest BCUT2D eigenvalue weighted by Gasteiger charge is 2.27. The van der Waals surface area contributed by atoms with Gasteiger partial charge in [0.2, 0.25) is 5.82 Å². The van der Waals surface area contributed by atoms with E-state index in [0.717, 1.165) is 47.3 Å². The van der Waals surface area contributed by atoms with Gasteiger partial charge in [-0.05, 0) is 68.8 Å². The van der Waals surface area contributed by atoms with Gasteiger partial charge in [-0.3, -0.25) is 4.79 Å². The van der Waals surface area contributed by atoms with Gasteiger partial charge in [0.15, 0.2) is 0 Å². The second-order valence-corrected chi connectivity index (χ2v) is 8.16. The van der Waals surface area contributed by atoms with Crippen molar-refractivity contribution in [2.45, 2.75) is 32.2 Å². The van der Waals surface area contributed by atoms with Crippen LogP contribution in [0.15, 0.2) is 32.2 Å². The van der Waals surface area contributed by atoms with E-state index in [1.807, 2.05) is 24.0 Å². The number of benzene rings is 1. The molecule has 1 aromatic carbocycles. The van der Waals surface area contributed by atoms with Crippen molar-refractivity contribution in [1.29, 1.82) is 0 Å². The van der Waals surface area contributed by atoms with Gasteiger partial charge in [-0.25, -0.2) is 4.98 Å². The lowest BCUT2D eigenvalue weighted by molar-refractivity contribution is 0.151. The normalized spacial score (nSPS) is 14.8. The summed E-state index contributed by atoms with van der Waals surface area (Å²) in [6.07, 6.45) is 4.41. The molecule has 3 rings (SSSR count). The number of anilines is 2. The number of halogens is 2. The van der Waals surface area contributed by atoms with Crippen molar-refractivity contribution in [2.24, 2.45) is 0 Å². The van der Waals surface area contributed by atoms with E-state index < -0.39 is 0 Å². The minimum absolute atomic E-state index is 0.0379. The van der Waals surface area contributed by atoms with Crippen LogP contribution in [0.4, 0.5) is 11.5 Å². The lowest BCUT2D eigenvalue weighted by Crippen LogP contribution is -2.36. The molecule has 0 radical (unpaired) electrons. The molecule has 6 nitrogen and oxygen atoms in total. The van der Waals surface area contributed by atoms with Gasteiger partial charge in [-0.2, -0.15) is 0 Å². The van der Waals surface area contributed by atoms with Gasteiger partial charge in [0.25, 0.3) is 5.56 Å². The van der Waals surface area contributed by atoms with Gasteiger partial charge in [0.05, 0.1) is 25.4 Å². The third-order valence-electron chi connectivity index (χ3n) is 4.81. The largest absolute Gasteiger partial charge is 0.497 e. The van der Waals surface area contributed by atoms with Crippen LogP contribution in [0, 0.1) is 0 Å². The summed E-state index contributed by atoms with van der Waals surface area (Å²) < 4.78 is 13.9. The number of rotatable bonds is 6. The van der Waals surface area contributed by atoms with Gasteiger partial charge >= 0.3 is 0 Å². The topological polar surface area (TPSA) is 56.6 Å². The molecule has 0 N–H and O–H groups in total. The van der Waals surface area contributed by atoms with Crippen molar-refractivity contribution < 1.29 is 9.47 Å². The lowest BCUT2D eigenvalue weighted by atomic mass is 10.0. The molecule has 0 unspecified atom stereocenters. The molecule has 1 atom stereocenters. The second-order valence-electron chi connectivity index (χ2n) is 6.49. The molecule has 0 saturated carbocycles. The zero-order chi connectivity index (χ0) is 19.6. The highest BCUT2D eigenvalue weighted by atomic mass is 79.9. The third kappa shape index (κ3) is 4.07. The van der Waals surface area contributed by atoms with Crippen LogP contribution < -0.4 is 15.2 Å². The van der Waals surface area contributed by atoms with Gasteiger partial charge in [0.1, 0.15) is 10.4 Å². The first-order valence-corrected chi connectivity index (χ1v) is 10.5. The molecule has 0 aliphatic carbocycles. The van der Waals surface area contributed by atoms with Crippen LogP contribution in [-0.4, -0.2) is 36.9 Å². The highest BCUT2D eigenvalue weighted by Crippen LogP contribution is 2.40. The zero-order valence-corrected chi connectivity index (χ0v) is 18.8. The number of methoxy groups -OCH3 is 2. The Hall–Kier alpha value is -1.38. The molecule has 0 fully saturated rings. The number of fused-ring (bicyclic) bond motifs is 1. The third-order valence-corrected chi connectivity index (χ3v) is 5.80. The Balaban J connectivity index is 2.14. The molecule has 2 heterocycles. The summed E-state index contributed by atoms with van der Waals surface area (Å²) in [6, 6.07) is 3.92. The van der Waals surface area contributed by atoms with E-state index in [-0.39, 0.29) is 11.6 Å². The summed E-state index contributed by atoms with van der Waals surface area (Å²) >= 11 is 7.12. The van der Waals surface area contributed by atoms with Crippen molar-refractivity contribution in [3.63, 3.8) is 0 Å². The molecular weight excluding hydrogens is 478 g/mol. The van der Waals surface area contributed by atoms with Crippen molar-refractivity contribution in [3.8, 4) is 5.75 Å². The van der Waals surface area contributed by atoms with Crippen LogP contribution in [0.25, 0.3) is 0 Å². The monoisotopic (exact) mass is 499 g/mol. The van der Waals surface area contributed by atoms with E-state index in [0.29, 0.717) is 17.0 Å². The van der Waals surface area contributed by atoms with Gasteiger partial charge < -0.3 is 18.9 Å². The summed E-state index contributed by atoms with van der Waals surface area (Å²) in [6.45, 7) is 3.25. The Kier molecular flexibility index (Phi) is 6.60. The first-order valence-electron chi connectivity index (χ1n) is 8.91. The van der Waals surface area contributed by atoms with Crippen LogP contribution in [0.1, 0.15) is 31.4 Å². The molecule has 1 aromatic heterocycles. The zero-order valence-electron chi connectivity index (χ0n) is 15.7. The van der Waals surface area contributed by atoms with Crippen LogP contribution in [-0.2, 0) is 11.2 Å². The maximum Gasteiger partial charge on any atom is 0.294 e. The number of hydrogen-bond donors (Lipinski definition) is 0. The number of aromatic nitrogens is 2. The first-order chi connectivity index (χ1) is 13.0. The van der Waals surface area contributed by atoms with Crippen LogP contribution in [0.2, 0.25) is 0 Å². The van der Waals surface area contributed by atoms with E-state index in [2.05, 4.69) is 36.8 Å². The SMILES string of the molecule is CC[C@H](COC)n1cc(Br)nc(N2CCCc3cc(OC)cc(Br)c32)c1=O. The summed E-state index contributed by atoms with van der Waals surface area (Å²) in [5, 5.41) is 0. The Bertz CT molecular complexity index is 885. The second kappa shape index (κ2) is 8.75. The standard InChI is InChI=1S/C19H23Br2N3O3/c1-4-13(11-26-2)24-10-16(21)22-18(19(24)25)23-7-5-6-12-8-14(27-3)9-15(20)17(12)23/h8-10,13H,4-7,11H2,1-3H3/t13-/m1/s1. The maximum atomic E-state index is 13.3. The molecule has 0 bridgehead atoms. The van der Waals surface area contributed by atoms with Crippen molar-refractivity contribution in [3.05, 3.63) is 43.3 Å². The minimum atomic E-state index is -0.113. The Labute approximate surface area is 175 Å². The van der Waals surface area contributed by atoms with E-state index in [1.165, 1.54) is 0 Å². The Morgan fingerprint density at radius 3 is 2.74 bits per heavy atom. The number of nitrogens with zero attached hydrogens (tertiary/aromatic N) is 3. The highest BCUT2D eigenvalue weighted by molar-refractivity contribution is 9.10. The molecular formula is C19H23Br2N3O3. The number of ether oxygens (including phenoxy) is 2. The van der Waals surface area contributed by atoms with Gasteiger partial charge in [-0.1, -0.05) is 6.92 Å².